The molecule has 3 aromatic rings. The largest absolute Gasteiger partial charge is 0.433 e. The van der Waals surface area contributed by atoms with Crippen LogP contribution in [0.2, 0.25) is 0 Å². The van der Waals surface area contributed by atoms with E-state index in [0.717, 1.165) is 45.9 Å². The fraction of sp³-hybridized carbons (Fsp3) is 0.231. The van der Waals surface area contributed by atoms with Gasteiger partial charge in [0.2, 0.25) is 0 Å². The van der Waals surface area contributed by atoms with E-state index in [1.165, 1.54) is 6.07 Å². The Bertz CT molecular complexity index is 1310. The molecule has 1 N–H and O–H groups in total. The number of hydrogen-bond acceptors (Lipinski definition) is 5. The molecular weight excluding hydrogens is 443 g/mol. The number of allylic oxidation sites excluding steroid dienone is 1. The normalized spacial score (nSPS) is 12.8. The molecule has 8 heteroatoms. The highest BCUT2D eigenvalue weighted by molar-refractivity contribution is 6.00. The Kier molecular flexibility index (Phi) is 6.32. The van der Waals surface area contributed by atoms with Gasteiger partial charge in [0.05, 0.1) is 17.6 Å². The van der Waals surface area contributed by atoms with Gasteiger partial charge in [0.1, 0.15) is 5.69 Å². The van der Waals surface area contributed by atoms with Crippen molar-refractivity contribution in [1.29, 1.82) is 0 Å². The van der Waals surface area contributed by atoms with Crippen LogP contribution in [0.25, 0.3) is 6.08 Å². The van der Waals surface area contributed by atoms with Crippen LogP contribution in [0.4, 0.5) is 18.9 Å². The lowest BCUT2D eigenvalue weighted by Gasteiger charge is -2.12. The second-order valence-corrected chi connectivity index (χ2v) is 8.30. The lowest BCUT2D eigenvalue weighted by atomic mass is 9.99. The molecular formula is C26H22F3N3O2. The van der Waals surface area contributed by atoms with Crippen molar-refractivity contribution in [2.45, 2.75) is 39.4 Å². The minimum Gasteiger partial charge on any atom is -0.380 e. The summed E-state index contributed by atoms with van der Waals surface area (Å²) in [5.74, 6) is -0.373. The van der Waals surface area contributed by atoms with Crippen molar-refractivity contribution in [3.63, 3.8) is 0 Å². The number of benzene rings is 1. The van der Waals surface area contributed by atoms with Crippen LogP contribution >= 0.6 is 0 Å². The predicted octanol–water partition coefficient (Wildman–Crippen LogP) is 5.37. The predicted molar refractivity (Wildman–Crippen MR) is 122 cm³/mol. The number of aromatic nitrogens is 2. The maximum atomic E-state index is 12.9. The molecule has 0 saturated carbocycles. The minimum atomic E-state index is -4.60. The summed E-state index contributed by atoms with van der Waals surface area (Å²) in [4.78, 5) is 32.0. The molecule has 1 aliphatic rings. The summed E-state index contributed by atoms with van der Waals surface area (Å²) in [6, 6.07) is 9.58. The van der Waals surface area contributed by atoms with Gasteiger partial charge in [-0.3, -0.25) is 19.6 Å². The number of anilines is 1. The number of ketones is 2. The van der Waals surface area contributed by atoms with Crippen molar-refractivity contribution >= 4 is 23.3 Å². The second-order valence-electron chi connectivity index (χ2n) is 8.30. The molecule has 0 unspecified atom stereocenters. The molecule has 4 rings (SSSR count). The molecule has 0 radical (unpaired) electrons. The van der Waals surface area contributed by atoms with E-state index in [9.17, 15) is 22.8 Å². The summed E-state index contributed by atoms with van der Waals surface area (Å²) in [5.41, 5.74) is 4.90. The van der Waals surface area contributed by atoms with Gasteiger partial charge in [-0.05, 0) is 60.4 Å². The molecule has 34 heavy (non-hydrogen) atoms. The topological polar surface area (TPSA) is 72.0 Å². The van der Waals surface area contributed by atoms with E-state index in [4.69, 9.17) is 0 Å². The van der Waals surface area contributed by atoms with Crippen LogP contribution in [-0.4, -0.2) is 21.5 Å². The molecule has 2 heterocycles. The number of nitrogens with zero attached hydrogens (tertiary/aromatic N) is 2. The summed E-state index contributed by atoms with van der Waals surface area (Å²) < 4.78 is 38.7. The highest BCUT2D eigenvalue weighted by Gasteiger charge is 2.32. The zero-order valence-corrected chi connectivity index (χ0v) is 18.7. The van der Waals surface area contributed by atoms with Gasteiger partial charge in [-0.2, -0.15) is 13.2 Å². The maximum Gasteiger partial charge on any atom is 0.433 e. The molecule has 0 aliphatic heterocycles. The molecule has 0 fully saturated rings. The van der Waals surface area contributed by atoms with E-state index < -0.39 is 17.7 Å². The number of rotatable bonds is 7. The molecule has 5 nitrogen and oxygen atoms in total. The van der Waals surface area contributed by atoms with Gasteiger partial charge in [0.15, 0.2) is 11.6 Å². The van der Waals surface area contributed by atoms with Gasteiger partial charge < -0.3 is 5.32 Å². The third kappa shape index (κ3) is 5.22. The fourth-order valence-corrected chi connectivity index (χ4v) is 3.79. The smallest absolute Gasteiger partial charge is 0.380 e. The number of alkyl halides is 3. The lowest BCUT2D eigenvalue weighted by Crippen LogP contribution is -2.11. The summed E-state index contributed by atoms with van der Waals surface area (Å²) in [6.07, 6.45) is 0.501. The first kappa shape index (κ1) is 23.4. The SMILES string of the molecule is CC(=O)C1=Cc2cc(NCc3cc(CC(=O)c4ccnc(C(F)(F)F)c4)ccc3C)cnc2C1. The summed E-state index contributed by atoms with van der Waals surface area (Å²) in [6.45, 7) is 3.97. The lowest BCUT2D eigenvalue weighted by molar-refractivity contribution is -0.141. The van der Waals surface area contributed by atoms with Crippen molar-refractivity contribution in [1.82, 2.24) is 9.97 Å². The summed E-state index contributed by atoms with van der Waals surface area (Å²) in [5, 5.41) is 3.32. The van der Waals surface area contributed by atoms with Crippen LogP contribution in [0.3, 0.4) is 0 Å². The van der Waals surface area contributed by atoms with Crippen molar-refractivity contribution in [2.24, 2.45) is 0 Å². The summed E-state index contributed by atoms with van der Waals surface area (Å²) >= 11 is 0. The van der Waals surface area contributed by atoms with Gasteiger partial charge in [0, 0.05) is 36.7 Å². The minimum absolute atomic E-state index is 0.0202. The quantitative estimate of drug-likeness (QED) is 0.475. The number of pyridine rings is 2. The van der Waals surface area contributed by atoms with Crippen molar-refractivity contribution < 1.29 is 22.8 Å². The van der Waals surface area contributed by atoms with Crippen LogP contribution in [0.5, 0.6) is 0 Å². The average molecular weight is 465 g/mol. The molecule has 0 bridgehead atoms. The van der Waals surface area contributed by atoms with Crippen LogP contribution in [0, 0.1) is 6.92 Å². The Morgan fingerprint density at radius 3 is 2.62 bits per heavy atom. The molecule has 0 spiro atoms. The third-order valence-electron chi connectivity index (χ3n) is 5.78. The Morgan fingerprint density at radius 2 is 1.88 bits per heavy atom. The molecule has 0 amide bonds. The van der Waals surface area contributed by atoms with E-state index in [1.807, 2.05) is 31.2 Å². The number of hydrogen-bond donors (Lipinski definition) is 1. The number of carbonyl (C=O) groups is 2. The number of Topliss-reactive ketones (excluding diaryl/α,β-unsaturated/α-hetero) is 2. The highest BCUT2D eigenvalue weighted by atomic mass is 19.4. The Hall–Kier alpha value is -3.81. The van der Waals surface area contributed by atoms with E-state index in [0.29, 0.717) is 18.5 Å². The second kappa shape index (κ2) is 9.21. The molecule has 1 aliphatic carbocycles. The molecule has 0 saturated heterocycles. The van der Waals surface area contributed by atoms with E-state index >= 15 is 0 Å². The van der Waals surface area contributed by atoms with E-state index in [2.05, 4.69) is 15.3 Å². The number of carbonyl (C=O) groups excluding carboxylic acids is 2. The van der Waals surface area contributed by atoms with E-state index in [-0.39, 0.29) is 17.8 Å². The van der Waals surface area contributed by atoms with Crippen LogP contribution in [0.1, 0.15) is 50.9 Å². The fourth-order valence-electron chi connectivity index (χ4n) is 3.79. The molecule has 0 atom stereocenters. The average Bonchev–Trinajstić information content (AvgIpc) is 3.23. The number of halogens is 3. The third-order valence-corrected chi connectivity index (χ3v) is 5.78. The van der Waals surface area contributed by atoms with Gasteiger partial charge in [0.25, 0.3) is 0 Å². The number of aryl methyl sites for hydroxylation is 1. The highest BCUT2D eigenvalue weighted by Crippen LogP contribution is 2.28. The van der Waals surface area contributed by atoms with Gasteiger partial charge in [-0.25, -0.2) is 0 Å². The van der Waals surface area contributed by atoms with Crippen molar-refractivity contribution in [3.8, 4) is 0 Å². The zero-order chi connectivity index (χ0) is 24.5. The molecule has 1 aromatic carbocycles. The monoisotopic (exact) mass is 465 g/mol. The van der Waals surface area contributed by atoms with Crippen molar-refractivity contribution in [2.75, 3.05) is 5.32 Å². The molecule has 174 valence electrons. The van der Waals surface area contributed by atoms with Gasteiger partial charge in [-0.15, -0.1) is 0 Å². The van der Waals surface area contributed by atoms with Gasteiger partial charge >= 0.3 is 6.18 Å². The Labute approximate surface area is 194 Å². The van der Waals surface area contributed by atoms with Crippen molar-refractivity contribution in [3.05, 3.63) is 93.6 Å². The first-order valence-corrected chi connectivity index (χ1v) is 10.7. The Morgan fingerprint density at radius 1 is 1.09 bits per heavy atom. The number of nitrogens with one attached hydrogen (secondary N) is 1. The van der Waals surface area contributed by atoms with Crippen LogP contribution in [0.15, 0.2) is 54.4 Å². The summed E-state index contributed by atoms with van der Waals surface area (Å²) in [7, 11) is 0. The maximum absolute atomic E-state index is 12.9. The first-order valence-electron chi connectivity index (χ1n) is 10.7. The van der Waals surface area contributed by atoms with Crippen LogP contribution in [-0.2, 0) is 30.4 Å². The van der Waals surface area contributed by atoms with Gasteiger partial charge in [-0.1, -0.05) is 18.2 Å². The first-order chi connectivity index (χ1) is 16.1. The van der Waals surface area contributed by atoms with E-state index in [1.54, 1.807) is 19.2 Å². The van der Waals surface area contributed by atoms with Crippen LogP contribution < -0.4 is 5.32 Å². The zero-order valence-electron chi connectivity index (χ0n) is 18.7. The molecule has 2 aromatic heterocycles. The number of fused-ring (bicyclic) bond motifs is 1. The standard InChI is InChI=1S/C26H22F3N3O2/c1-15-3-4-17(8-24(34)18-5-6-30-25(12-18)26(27,28)29)7-21(15)13-31-22-10-20-9-19(16(2)33)11-23(20)32-14-22/h3-7,9-10,12,14,31H,8,11,13H2,1-2H3. The Balaban J connectivity index is 1.46.